The molecule has 2 nitrogen and oxygen atoms in total. The largest absolute Gasteiger partial charge is 0.496 e. The average Bonchev–Trinajstić information content (AvgIpc) is 2.38. The van der Waals surface area contributed by atoms with Crippen LogP contribution in [0.1, 0.15) is 17.2 Å². The van der Waals surface area contributed by atoms with Crippen molar-refractivity contribution in [1.82, 2.24) is 0 Å². The van der Waals surface area contributed by atoms with Crippen molar-refractivity contribution in [2.45, 2.75) is 6.04 Å². The molecule has 1 unspecified atom stereocenters. The maximum atomic E-state index is 6.32. The summed E-state index contributed by atoms with van der Waals surface area (Å²) in [6.07, 6.45) is 0. The summed E-state index contributed by atoms with van der Waals surface area (Å²) in [6.45, 7) is 0. The zero-order valence-electron chi connectivity index (χ0n) is 9.86. The topological polar surface area (TPSA) is 35.2 Å². The lowest BCUT2D eigenvalue weighted by molar-refractivity contribution is 0.408. The summed E-state index contributed by atoms with van der Waals surface area (Å²) in [5.41, 5.74) is 8.28. The first-order chi connectivity index (χ1) is 8.63. The minimum atomic E-state index is -0.244. The van der Waals surface area contributed by atoms with Crippen molar-refractivity contribution in [2.75, 3.05) is 7.11 Å². The second-order valence-electron chi connectivity index (χ2n) is 3.89. The van der Waals surface area contributed by atoms with Gasteiger partial charge in [0.05, 0.1) is 13.2 Å². The Hall–Kier alpha value is -0.780. The van der Waals surface area contributed by atoms with Crippen molar-refractivity contribution < 1.29 is 4.74 Å². The molecule has 2 rings (SSSR count). The lowest BCUT2D eigenvalue weighted by Gasteiger charge is -2.17. The number of methoxy groups -OCH3 is 1. The Kier molecular flexibility index (Phi) is 4.48. The summed E-state index contributed by atoms with van der Waals surface area (Å²) >= 11 is 8.31. The van der Waals surface area contributed by atoms with Crippen LogP contribution in [0, 0.1) is 3.57 Å². The smallest absolute Gasteiger partial charge is 0.124 e. The maximum Gasteiger partial charge on any atom is 0.124 e. The Morgan fingerprint density at radius 2 is 1.89 bits per heavy atom. The normalized spacial score (nSPS) is 12.2. The molecule has 0 radical (unpaired) electrons. The van der Waals surface area contributed by atoms with Crippen LogP contribution in [0.2, 0.25) is 5.02 Å². The van der Waals surface area contributed by atoms with Crippen molar-refractivity contribution in [3.05, 3.63) is 62.2 Å². The molecular formula is C14H13ClINO. The molecule has 0 spiro atoms. The zero-order valence-corrected chi connectivity index (χ0v) is 12.8. The van der Waals surface area contributed by atoms with Crippen LogP contribution in [-0.4, -0.2) is 7.11 Å². The van der Waals surface area contributed by atoms with Gasteiger partial charge in [0.15, 0.2) is 0 Å². The summed E-state index contributed by atoms with van der Waals surface area (Å²) in [6, 6.07) is 13.3. The van der Waals surface area contributed by atoms with Gasteiger partial charge in [-0.1, -0.05) is 29.8 Å². The molecule has 0 heterocycles. The van der Waals surface area contributed by atoms with Crippen LogP contribution in [0.5, 0.6) is 5.75 Å². The standard InChI is InChI=1S/C14H13ClINO/c1-18-13-7-6-9(15)8-11(13)14(17)10-4-2-3-5-12(10)16/h2-8,14H,17H2,1H3. The first-order valence-electron chi connectivity index (χ1n) is 5.47. The van der Waals surface area contributed by atoms with E-state index in [1.54, 1.807) is 13.2 Å². The van der Waals surface area contributed by atoms with E-state index in [1.807, 2.05) is 36.4 Å². The number of ether oxygens (including phenoxy) is 1. The molecule has 0 fully saturated rings. The zero-order chi connectivity index (χ0) is 13.1. The molecule has 2 aromatic carbocycles. The van der Waals surface area contributed by atoms with Gasteiger partial charge >= 0.3 is 0 Å². The SMILES string of the molecule is COc1ccc(Cl)cc1C(N)c1ccccc1I. The second kappa shape index (κ2) is 5.91. The van der Waals surface area contributed by atoms with Gasteiger partial charge in [0.25, 0.3) is 0 Å². The van der Waals surface area contributed by atoms with E-state index in [-0.39, 0.29) is 6.04 Å². The molecule has 0 aliphatic carbocycles. The van der Waals surface area contributed by atoms with Crippen LogP contribution in [0.25, 0.3) is 0 Å². The number of nitrogens with two attached hydrogens (primary N) is 1. The molecule has 0 saturated carbocycles. The number of benzene rings is 2. The van der Waals surface area contributed by atoms with Crippen molar-refractivity contribution in [3.63, 3.8) is 0 Å². The van der Waals surface area contributed by atoms with Gasteiger partial charge in [-0.05, 0) is 52.4 Å². The van der Waals surface area contributed by atoms with Crippen molar-refractivity contribution in [2.24, 2.45) is 5.73 Å². The lowest BCUT2D eigenvalue weighted by atomic mass is 9.99. The highest BCUT2D eigenvalue weighted by molar-refractivity contribution is 14.1. The minimum absolute atomic E-state index is 0.244. The van der Waals surface area contributed by atoms with Gasteiger partial charge in [-0.15, -0.1) is 0 Å². The predicted octanol–water partition coefficient (Wildman–Crippen LogP) is 4.00. The highest BCUT2D eigenvalue weighted by Gasteiger charge is 2.16. The molecule has 18 heavy (non-hydrogen) atoms. The Morgan fingerprint density at radius 3 is 2.56 bits per heavy atom. The Bertz CT molecular complexity index is 559. The summed E-state index contributed by atoms with van der Waals surface area (Å²) in [7, 11) is 1.63. The monoisotopic (exact) mass is 373 g/mol. The molecule has 0 aliphatic rings. The third-order valence-electron chi connectivity index (χ3n) is 2.77. The molecule has 2 N–H and O–H groups in total. The number of halogens is 2. The lowest BCUT2D eigenvalue weighted by Crippen LogP contribution is -2.14. The van der Waals surface area contributed by atoms with Crippen LogP contribution in [0.3, 0.4) is 0 Å². The molecule has 0 bridgehead atoms. The molecule has 94 valence electrons. The molecule has 2 aromatic rings. The van der Waals surface area contributed by atoms with E-state index in [2.05, 4.69) is 22.6 Å². The van der Waals surface area contributed by atoms with E-state index in [0.29, 0.717) is 5.02 Å². The predicted molar refractivity (Wildman–Crippen MR) is 83.2 cm³/mol. The third kappa shape index (κ3) is 2.79. The van der Waals surface area contributed by atoms with E-state index in [1.165, 1.54) is 0 Å². The van der Waals surface area contributed by atoms with E-state index >= 15 is 0 Å². The van der Waals surface area contributed by atoms with Gasteiger partial charge in [-0.3, -0.25) is 0 Å². The van der Waals surface area contributed by atoms with Crippen LogP contribution in [0.15, 0.2) is 42.5 Å². The van der Waals surface area contributed by atoms with Gasteiger partial charge in [0.2, 0.25) is 0 Å². The summed E-state index contributed by atoms with van der Waals surface area (Å²) in [5.74, 6) is 0.756. The molecule has 0 aromatic heterocycles. The van der Waals surface area contributed by atoms with Crippen molar-refractivity contribution in [3.8, 4) is 5.75 Å². The number of rotatable bonds is 3. The molecule has 1 atom stereocenters. The maximum absolute atomic E-state index is 6.32. The van der Waals surface area contributed by atoms with Gasteiger partial charge in [0.1, 0.15) is 5.75 Å². The molecule has 4 heteroatoms. The Balaban J connectivity index is 2.48. The van der Waals surface area contributed by atoms with E-state index in [4.69, 9.17) is 22.1 Å². The Labute approximate surface area is 125 Å². The summed E-state index contributed by atoms with van der Waals surface area (Å²) < 4.78 is 6.47. The minimum Gasteiger partial charge on any atom is -0.496 e. The van der Waals surface area contributed by atoms with Crippen molar-refractivity contribution >= 4 is 34.2 Å². The van der Waals surface area contributed by atoms with Gasteiger partial charge in [-0.25, -0.2) is 0 Å². The first-order valence-corrected chi connectivity index (χ1v) is 6.92. The van der Waals surface area contributed by atoms with Crippen LogP contribution in [0.4, 0.5) is 0 Å². The van der Waals surface area contributed by atoms with E-state index in [0.717, 1.165) is 20.4 Å². The van der Waals surface area contributed by atoms with E-state index < -0.39 is 0 Å². The number of hydrogen-bond acceptors (Lipinski definition) is 2. The van der Waals surface area contributed by atoms with Gasteiger partial charge in [-0.2, -0.15) is 0 Å². The molecule has 0 aliphatic heterocycles. The summed E-state index contributed by atoms with van der Waals surface area (Å²) in [5, 5.41) is 0.659. The summed E-state index contributed by atoms with van der Waals surface area (Å²) in [4.78, 5) is 0. The molecular weight excluding hydrogens is 361 g/mol. The van der Waals surface area contributed by atoms with E-state index in [9.17, 15) is 0 Å². The fourth-order valence-electron chi connectivity index (χ4n) is 1.84. The second-order valence-corrected chi connectivity index (χ2v) is 5.48. The highest BCUT2D eigenvalue weighted by Crippen LogP contribution is 2.32. The van der Waals surface area contributed by atoms with Gasteiger partial charge in [0, 0.05) is 14.2 Å². The first kappa shape index (κ1) is 13.6. The molecule has 0 amide bonds. The highest BCUT2D eigenvalue weighted by atomic mass is 127. The van der Waals surface area contributed by atoms with Crippen molar-refractivity contribution in [1.29, 1.82) is 0 Å². The third-order valence-corrected chi connectivity index (χ3v) is 3.98. The van der Waals surface area contributed by atoms with Crippen LogP contribution < -0.4 is 10.5 Å². The fraction of sp³-hybridized carbons (Fsp3) is 0.143. The van der Waals surface area contributed by atoms with Crippen LogP contribution in [-0.2, 0) is 0 Å². The number of hydrogen-bond donors (Lipinski definition) is 1. The van der Waals surface area contributed by atoms with Crippen LogP contribution >= 0.6 is 34.2 Å². The Morgan fingerprint density at radius 1 is 1.17 bits per heavy atom. The molecule has 0 saturated heterocycles. The average molecular weight is 374 g/mol. The fourth-order valence-corrected chi connectivity index (χ4v) is 2.75. The quantitative estimate of drug-likeness (QED) is 0.825. The van der Waals surface area contributed by atoms with Gasteiger partial charge < -0.3 is 10.5 Å².